The van der Waals surface area contributed by atoms with Crippen molar-refractivity contribution in [2.45, 2.75) is 39.2 Å². The van der Waals surface area contributed by atoms with E-state index in [0.29, 0.717) is 19.1 Å². The van der Waals surface area contributed by atoms with Crippen LogP contribution in [0, 0.1) is 0 Å². The number of unbranched alkanes of at least 4 members (excludes halogenated alkanes) is 1. The highest BCUT2D eigenvalue weighted by Crippen LogP contribution is 2.04. The van der Waals surface area contributed by atoms with Gasteiger partial charge in [-0.3, -0.25) is 9.69 Å². The monoisotopic (exact) mass is 201 g/mol. The van der Waals surface area contributed by atoms with Crippen LogP contribution in [0.2, 0.25) is 0 Å². The number of nitrogens with zero attached hydrogens (tertiary/aromatic N) is 1. The van der Waals surface area contributed by atoms with Gasteiger partial charge in [0.2, 0.25) is 5.91 Å². The fourth-order valence-electron chi connectivity index (χ4n) is 1.44. The van der Waals surface area contributed by atoms with E-state index in [9.17, 15) is 4.79 Å². The predicted molar refractivity (Wildman–Crippen MR) is 58.8 cm³/mol. The Labute approximate surface area is 86.6 Å². The highest BCUT2D eigenvalue weighted by Gasteiger charge is 2.14. The molecule has 0 fully saturated rings. The van der Waals surface area contributed by atoms with E-state index in [1.165, 1.54) is 0 Å². The van der Waals surface area contributed by atoms with Crippen molar-refractivity contribution in [2.75, 3.05) is 19.6 Å². The van der Waals surface area contributed by atoms with Crippen molar-refractivity contribution >= 4 is 5.91 Å². The van der Waals surface area contributed by atoms with E-state index in [4.69, 9.17) is 11.5 Å². The number of hydrogen-bond donors (Lipinski definition) is 2. The standard InChI is InChI=1S/C10H23N3O/c1-3-4-7-13(8-10(12)14)9(2)5-6-11/h9H,3-8,11H2,1-2H3,(H2,12,14). The number of hydrogen-bond acceptors (Lipinski definition) is 3. The third-order valence-corrected chi connectivity index (χ3v) is 2.37. The lowest BCUT2D eigenvalue weighted by molar-refractivity contribution is -0.119. The smallest absolute Gasteiger partial charge is 0.231 e. The summed E-state index contributed by atoms with van der Waals surface area (Å²) in [5, 5.41) is 0. The molecule has 1 unspecified atom stereocenters. The molecule has 0 saturated heterocycles. The molecule has 14 heavy (non-hydrogen) atoms. The minimum absolute atomic E-state index is 0.259. The SMILES string of the molecule is CCCCN(CC(N)=O)C(C)CCN. The molecular weight excluding hydrogens is 178 g/mol. The lowest BCUT2D eigenvalue weighted by Crippen LogP contribution is -2.41. The summed E-state index contributed by atoms with van der Waals surface area (Å²) in [5.74, 6) is -0.259. The van der Waals surface area contributed by atoms with Crippen LogP contribution in [0.5, 0.6) is 0 Å². The molecule has 4 heteroatoms. The Bertz CT molecular complexity index is 161. The summed E-state index contributed by atoms with van der Waals surface area (Å²) in [6.45, 7) is 6.16. The number of carbonyl (C=O) groups is 1. The fourth-order valence-corrected chi connectivity index (χ4v) is 1.44. The van der Waals surface area contributed by atoms with Gasteiger partial charge in [-0.05, 0) is 32.9 Å². The molecule has 0 aliphatic carbocycles. The second kappa shape index (κ2) is 7.76. The van der Waals surface area contributed by atoms with E-state index in [1.807, 2.05) is 0 Å². The van der Waals surface area contributed by atoms with Crippen molar-refractivity contribution in [2.24, 2.45) is 11.5 Å². The number of primary amides is 1. The van der Waals surface area contributed by atoms with Crippen LogP contribution in [-0.4, -0.2) is 36.5 Å². The molecule has 0 aliphatic rings. The Morgan fingerprint density at radius 3 is 2.57 bits per heavy atom. The Hall–Kier alpha value is -0.610. The molecule has 0 bridgehead atoms. The Balaban J connectivity index is 4.00. The van der Waals surface area contributed by atoms with Crippen LogP contribution in [0.25, 0.3) is 0 Å². The van der Waals surface area contributed by atoms with Gasteiger partial charge in [0.1, 0.15) is 0 Å². The zero-order chi connectivity index (χ0) is 11.0. The summed E-state index contributed by atoms with van der Waals surface area (Å²) in [6, 6.07) is 0.346. The Kier molecular flexibility index (Phi) is 7.42. The van der Waals surface area contributed by atoms with E-state index in [-0.39, 0.29) is 5.91 Å². The Morgan fingerprint density at radius 2 is 2.14 bits per heavy atom. The number of nitrogens with two attached hydrogens (primary N) is 2. The van der Waals surface area contributed by atoms with Gasteiger partial charge in [0, 0.05) is 6.04 Å². The fraction of sp³-hybridized carbons (Fsp3) is 0.900. The molecule has 4 N–H and O–H groups in total. The maximum Gasteiger partial charge on any atom is 0.231 e. The quantitative estimate of drug-likeness (QED) is 0.593. The lowest BCUT2D eigenvalue weighted by Gasteiger charge is -2.27. The first-order chi connectivity index (χ1) is 6.61. The van der Waals surface area contributed by atoms with Crippen molar-refractivity contribution in [1.29, 1.82) is 0 Å². The van der Waals surface area contributed by atoms with E-state index in [0.717, 1.165) is 25.8 Å². The lowest BCUT2D eigenvalue weighted by atomic mass is 10.2. The highest BCUT2D eigenvalue weighted by atomic mass is 16.1. The molecule has 0 aromatic rings. The van der Waals surface area contributed by atoms with E-state index in [2.05, 4.69) is 18.7 Å². The summed E-state index contributed by atoms with van der Waals surface area (Å²) in [5.41, 5.74) is 10.7. The maximum atomic E-state index is 10.8. The first-order valence-corrected chi connectivity index (χ1v) is 5.34. The zero-order valence-electron chi connectivity index (χ0n) is 9.33. The molecule has 1 atom stereocenters. The van der Waals surface area contributed by atoms with Gasteiger partial charge in [-0.25, -0.2) is 0 Å². The summed E-state index contributed by atoms with van der Waals surface area (Å²) < 4.78 is 0. The van der Waals surface area contributed by atoms with Crippen LogP contribution < -0.4 is 11.5 Å². The number of carbonyl (C=O) groups excluding carboxylic acids is 1. The molecule has 0 radical (unpaired) electrons. The van der Waals surface area contributed by atoms with Crippen LogP contribution in [0.4, 0.5) is 0 Å². The number of rotatable bonds is 8. The summed E-state index contributed by atoms with van der Waals surface area (Å²) >= 11 is 0. The molecule has 0 spiro atoms. The zero-order valence-corrected chi connectivity index (χ0v) is 9.33. The highest BCUT2D eigenvalue weighted by molar-refractivity contribution is 5.75. The van der Waals surface area contributed by atoms with E-state index in [1.54, 1.807) is 0 Å². The molecule has 0 heterocycles. The maximum absolute atomic E-state index is 10.8. The van der Waals surface area contributed by atoms with Crippen molar-refractivity contribution in [3.05, 3.63) is 0 Å². The van der Waals surface area contributed by atoms with E-state index >= 15 is 0 Å². The minimum Gasteiger partial charge on any atom is -0.369 e. The van der Waals surface area contributed by atoms with Crippen LogP contribution >= 0.6 is 0 Å². The Morgan fingerprint density at radius 1 is 1.50 bits per heavy atom. The molecule has 0 saturated carbocycles. The van der Waals surface area contributed by atoms with Crippen molar-refractivity contribution < 1.29 is 4.79 Å². The molecular formula is C10H23N3O. The molecule has 0 rings (SSSR count). The molecule has 0 aromatic carbocycles. The summed E-state index contributed by atoms with van der Waals surface area (Å²) in [7, 11) is 0. The average molecular weight is 201 g/mol. The van der Waals surface area contributed by atoms with E-state index < -0.39 is 0 Å². The van der Waals surface area contributed by atoms with Gasteiger partial charge < -0.3 is 11.5 Å². The molecule has 84 valence electrons. The van der Waals surface area contributed by atoms with Crippen molar-refractivity contribution in [3.8, 4) is 0 Å². The molecule has 0 aromatic heterocycles. The topological polar surface area (TPSA) is 72.3 Å². The van der Waals surface area contributed by atoms with Gasteiger partial charge in [-0.15, -0.1) is 0 Å². The van der Waals surface area contributed by atoms with Crippen molar-refractivity contribution in [1.82, 2.24) is 4.90 Å². The molecule has 1 amide bonds. The third kappa shape index (κ3) is 5.94. The van der Waals surface area contributed by atoms with Crippen LogP contribution in [0.1, 0.15) is 33.1 Å². The number of amides is 1. The minimum atomic E-state index is -0.259. The van der Waals surface area contributed by atoms with Gasteiger partial charge in [-0.1, -0.05) is 13.3 Å². The van der Waals surface area contributed by atoms with Crippen LogP contribution in [-0.2, 0) is 4.79 Å². The van der Waals surface area contributed by atoms with Crippen molar-refractivity contribution in [3.63, 3.8) is 0 Å². The predicted octanol–water partition coefficient (Wildman–Crippen LogP) is 0.311. The van der Waals surface area contributed by atoms with Gasteiger partial charge in [-0.2, -0.15) is 0 Å². The van der Waals surface area contributed by atoms with Gasteiger partial charge in [0.25, 0.3) is 0 Å². The second-order valence-electron chi connectivity index (χ2n) is 3.72. The summed E-state index contributed by atoms with van der Waals surface area (Å²) in [4.78, 5) is 12.9. The second-order valence-corrected chi connectivity index (χ2v) is 3.72. The first kappa shape index (κ1) is 13.4. The molecule has 4 nitrogen and oxygen atoms in total. The normalized spacial score (nSPS) is 13.1. The third-order valence-electron chi connectivity index (χ3n) is 2.37. The average Bonchev–Trinajstić information content (AvgIpc) is 2.12. The van der Waals surface area contributed by atoms with Gasteiger partial charge >= 0.3 is 0 Å². The largest absolute Gasteiger partial charge is 0.369 e. The first-order valence-electron chi connectivity index (χ1n) is 5.34. The summed E-state index contributed by atoms with van der Waals surface area (Å²) in [6.07, 6.45) is 3.14. The van der Waals surface area contributed by atoms with Gasteiger partial charge in [0.15, 0.2) is 0 Å². The molecule has 0 aliphatic heterocycles. The van der Waals surface area contributed by atoms with Gasteiger partial charge in [0.05, 0.1) is 6.54 Å². The van der Waals surface area contributed by atoms with Crippen LogP contribution in [0.3, 0.4) is 0 Å². The van der Waals surface area contributed by atoms with Crippen LogP contribution in [0.15, 0.2) is 0 Å².